The average molecular weight is 308 g/mol. The van der Waals surface area contributed by atoms with Gasteiger partial charge >= 0.3 is 11.9 Å². The van der Waals surface area contributed by atoms with Gasteiger partial charge in [0.15, 0.2) is 11.9 Å². The Morgan fingerprint density at radius 3 is 2.23 bits per heavy atom. The number of rotatable bonds is 7. The highest BCUT2D eigenvalue weighted by Crippen LogP contribution is 2.29. The zero-order chi connectivity index (χ0) is 16.7. The fourth-order valence-corrected chi connectivity index (χ4v) is 2.25. The van der Waals surface area contributed by atoms with E-state index < -0.39 is 30.1 Å². The number of ether oxygens (including phenoxy) is 3. The van der Waals surface area contributed by atoms with Crippen molar-refractivity contribution in [2.75, 3.05) is 6.61 Å². The monoisotopic (exact) mass is 308 g/mol. The van der Waals surface area contributed by atoms with Crippen LogP contribution in [-0.2, 0) is 28.6 Å². The first-order valence-corrected chi connectivity index (χ1v) is 6.85. The number of allylic oxidation sites excluding steroid dienone is 1. The van der Waals surface area contributed by atoms with Gasteiger partial charge < -0.3 is 14.2 Å². The molecule has 6 nitrogen and oxygen atoms in total. The largest absolute Gasteiger partial charge is 0.455 e. The molecule has 4 atom stereocenters. The van der Waals surface area contributed by atoms with Gasteiger partial charge in [-0.1, -0.05) is 19.7 Å². The Bertz CT molecular complexity index is 481. The summed E-state index contributed by atoms with van der Waals surface area (Å²) < 4.78 is 16.0. The number of carbonyl (C=O) groups is 3. The second kappa shape index (κ2) is 8.29. The van der Waals surface area contributed by atoms with Crippen LogP contribution in [-0.4, -0.2) is 42.6 Å². The highest BCUT2D eigenvalue weighted by atomic mass is 16.6. The lowest BCUT2D eigenvalue weighted by Gasteiger charge is -2.39. The number of hydrogen-bond acceptors (Lipinski definition) is 6. The highest BCUT2D eigenvalue weighted by molar-refractivity contribution is 5.89. The Balaban J connectivity index is 2.99. The van der Waals surface area contributed by atoms with Crippen LogP contribution in [0.2, 0.25) is 0 Å². The maximum absolute atomic E-state index is 11.7. The van der Waals surface area contributed by atoms with Crippen LogP contribution in [0.3, 0.4) is 0 Å². The summed E-state index contributed by atoms with van der Waals surface area (Å²) in [6.07, 6.45) is 1.33. The van der Waals surface area contributed by atoms with Crippen molar-refractivity contribution in [2.24, 2.45) is 5.92 Å². The fourth-order valence-electron chi connectivity index (χ4n) is 2.25. The van der Waals surface area contributed by atoms with Crippen molar-refractivity contribution in [3.05, 3.63) is 38.0 Å². The van der Waals surface area contributed by atoms with E-state index in [9.17, 15) is 14.4 Å². The first kappa shape index (κ1) is 17.8. The van der Waals surface area contributed by atoms with E-state index in [0.717, 1.165) is 12.2 Å². The fraction of sp³-hybridized carbons (Fsp3) is 0.438. The third-order valence-corrected chi connectivity index (χ3v) is 3.43. The van der Waals surface area contributed by atoms with E-state index in [1.807, 2.05) is 0 Å². The van der Waals surface area contributed by atoms with E-state index in [-0.39, 0.29) is 24.9 Å². The van der Waals surface area contributed by atoms with E-state index >= 15 is 0 Å². The molecule has 6 heteroatoms. The molecule has 0 aromatic carbocycles. The van der Waals surface area contributed by atoms with Gasteiger partial charge in [0.05, 0.1) is 12.7 Å². The predicted molar refractivity (Wildman–Crippen MR) is 78.9 cm³/mol. The summed E-state index contributed by atoms with van der Waals surface area (Å²) in [4.78, 5) is 34.6. The molecule has 120 valence electrons. The first-order valence-electron chi connectivity index (χ1n) is 6.85. The SMILES string of the molecule is C=CC(=O)C[C@@H]1C(C)OC[C@@H](OC(=O)C=C)[C@H]1OC(=O)C=C. The number of esters is 2. The van der Waals surface area contributed by atoms with Crippen LogP contribution >= 0.6 is 0 Å². The van der Waals surface area contributed by atoms with Crippen LogP contribution in [0.25, 0.3) is 0 Å². The van der Waals surface area contributed by atoms with Gasteiger partial charge in [-0.2, -0.15) is 0 Å². The van der Waals surface area contributed by atoms with Crippen LogP contribution in [0.1, 0.15) is 13.3 Å². The Kier molecular flexibility index (Phi) is 6.72. The lowest BCUT2D eigenvalue weighted by atomic mass is 9.86. The molecule has 0 radical (unpaired) electrons. The van der Waals surface area contributed by atoms with Gasteiger partial charge in [0.25, 0.3) is 0 Å². The molecule has 0 amide bonds. The van der Waals surface area contributed by atoms with Crippen molar-refractivity contribution in [3.63, 3.8) is 0 Å². The minimum absolute atomic E-state index is 0.0641. The Morgan fingerprint density at radius 2 is 1.68 bits per heavy atom. The van der Waals surface area contributed by atoms with E-state index in [1.165, 1.54) is 6.08 Å². The molecule has 1 unspecified atom stereocenters. The summed E-state index contributed by atoms with van der Waals surface area (Å²) in [6.45, 7) is 11.9. The minimum Gasteiger partial charge on any atom is -0.455 e. The molecule has 0 aromatic rings. The third kappa shape index (κ3) is 4.66. The zero-order valence-corrected chi connectivity index (χ0v) is 12.5. The number of ketones is 1. The van der Waals surface area contributed by atoms with Crippen molar-refractivity contribution in [1.29, 1.82) is 0 Å². The van der Waals surface area contributed by atoms with Crippen molar-refractivity contribution in [2.45, 2.75) is 31.7 Å². The van der Waals surface area contributed by atoms with Gasteiger partial charge in [0, 0.05) is 24.5 Å². The molecule has 22 heavy (non-hydrogen) atoms. The van der Waals surface area contributed by atoms with Crippen LogP contribution in [0.15, 0.2) is 38.0 Å². The van der Waals surface area contributed by atoms with Gasteiger partial charge in [0.1, 0.15) is 6.10 Å². The van der Waals surface area contributed by atoms with E-state index in [0.29, 0.717) is 0 Å². The van der Waals surface area contributed by atoms with Crippen molar-refractivity contribution in [1.82, 2.24) is 0 Å². The summed E-state index contributed by atoms with van der Waals surface area (Å²) >= 11 is 0. The van der Waals surface area contributed by atoms with Gasteiger partial charge in [-0.3, -0.25) is 4.79 Å². The number of hydrogen-bond donors (Lipinski definition) is 0. The summed E-state index contributed by atoms with van der Waals surface area (Å²) in [5.74, 6) is -1.98. The van der Waals surface area contributed by atoms with Gasteiger partial charge in [-0.05, 0) is 13.0 Å². The Morgan fingerprint density at radius 1 is 1.09 bits per heavy atom. The molecule has 0 saturated carbocycles. The second-order valence-electron chi connectivity index (χ2n) is 4.86. The summed E-state index contributed by atoms with van der Waals surface area (Å²) in [7, 11) is 0. The quantitative estimate of drug-likeness (QED) is 0.522. The van der Waals surface area contributed by atoms with Gasteiger partial charge in [-0.15, -0.1) is 0 Å². The smallest absolute Gasteiger partial charge is 0.330 e. The lowest BCUT2D eigenvalue weighted by molar-refractivity contribution is -0.198. The molecule has 1 aliphatic heterocycles. The van der Waals surface area contributed by atoms with E-state index in [4.69, 9.17) is 14.2 Å². The van der Waals surface area contributed by atoms with E-state index in [1.54, 1.807) is 6.92 Å². The molecule has 0 N–H and O–H groups in total. The van der Waals surface area contributed by atoms with Crippen LogP contribution in [0.4, 0.5) is 0 Å². The van der Waals surface area contributed by atoms with Crippen molar-refractivity contribution >= 4 is 17.7 Å². The predicted octanol–water partition coefficient (Wildman–Crippen LogP) is 1.36. The zero-order valence-electron chi connectivity index (χ0n) is 12.5. The summed E-state index contributed by atoms with van der Waals surface area (Å²) in [6, 6.07) is 0. The van der Waals surface area contributed by atoms with Crippen LogP contribution < -0.4 is 0 Å². The molecule has 1 rings (SSSR count). The Hall–Kier alpha value is -2.21. The second-order valence-corrected chi connectivity index (χ2v) is 4.86. The molecule has 1 heterocycles. The normalized spacial score (nSPS) is 27.3. The lowest BCUT2D eigenvalue weighted by Crippen LogP contribution is -2.52. The molecular weight excluding hydrogens is 288 g/mol. The maximum Gasteiger partial charge on any atom is 0.330 e. The first-order chi connectivity index (χ1) is 10.4. The molecular formula is C16H20O6. The molecule has 0 spiro atoms. The molecule has 0 aliphatic carbocycles. The molecule has 1 aliphatic rings. The third-order valence-electron chi connectivity index (χ3n) is 3.43. The Labute approximate surface area is 129 Å². The van der Waals surface area contributed by atoms with Crippen molar-refractivity contribution < 1.29 is 28.6 Å². The minimum atomic E-state index is -0.812. The highest BCUT2D eigenvalue weighted by Gasteiger charge is 2.43. The number of carbonyl (C=O) groups excluding carboxylic acids is 3. The van der Waals surface area contributed by atoms with Crippen LogP contribution in [0, 0.1) is 5.92 Å². The maximum atomic E-state index is 11.7. The molecule has 1 saturated heterocycles. The summed E-state index contributed by atoms with van der Waals surface area (Å²) in [5.41, 5.74) is 0. The standard InChI is InChI=1S/C16H20O6/c1-5-11(17)8-12-10(4)20-9-13(21-14(18)6-2)16(12)22-15(19)7-3/h5-7,10,12-13,16H,1-3,8-9H2,4H3/t10?,12-,13-,16+/m1/s1. The van der Waals surface area contributed by atoms with Gasteiger partial charge in [-0.25, -0.2) is 9.59 Å². The molecule has 0 bridgehead atoms. The van der Waals surface area contributed by atoms with Crippen molar-refractivity contribution in [3.8, 4) is 0 Å². The van der Waals surface area contributed by atoms with Gasteiger partial charge in [0.2, 0.25) is 0 Å². The topological polar surface area (TPSA) is 78.9 Å². The van der Waals surface area contributed by atoms with Crippen LogP contribution in [0.5, 0.6) is 0 Å². The molecule has 1 fully saturated rings. The average Bonchev–Trinajstić information content (AvgIpc) is 2.52. The van der Waals surface area contributed by atoms with E-state index in [2.05, 4.69) is 19.7 Å². The molecule has 0 aromatic heterocycles. The summed E-state index contributed by atoms with van der Waals surface area (Å²) in [5, 5.41) is 0.